The van der Waals surface area contributed by atoms with Gasteiger partial charge in [-0.25, -0.2) is 0 Å². The molecular weight excluding hydrogens is 1350 g/mol. The topological polar surface area (TPSA) is 127 Å². The van der Waals surface area contributed by atoms with Gasteiger partial charge in [0.1, 0.15) is 0 Å². The van der Waals surface area contributed by atoms with Gasteiger partial charge in [0.15, 0.2) is 0 Å². The van der Waals surface area contributed by atoms with Gasteiger partial charge in [-0.3, -0.25) is 44.1 Å². The fourth-order valence-electron chi connectivity index (χ4n) is 12.1. The molecule has 5 aliphatic heterocycles. The highest BCUT2D eigenvalue weighted by molar-refractivity contribution is 5.46. The van der Waals surface area contributed by atoms with Gasteiger partial charge in [0.25, 0.3) is 0 Å². The highest BCUT2D eigenvalue weighted by Gasteiger charge is 2.24. The van der Waals surface area contributed by atoms with Crippen LogP contribution in [0.3, 0.4) is 0 Å². The van der Waals surface area contributed by atoms with Crippen LogP contribution in [-0.2, 0) is 23.7 Å². The molecule has 0 spiro atoms. The van der Waals surface area contributed by atoms with E-state index in [9.17, 15) is 0 Å². The summed E-state index contributed by atoms with van der Waals surface area (Å²) in [7, 11) is 0. The summed E-state index contributed by atoms with van der Waals surface area (Å²) in [4.78, 5) is 25.3. The van der Waals surface area contributed by atoms with Gasteiger partial charge in [0.2, 0.25) is 0 Å². The largest absolute Gasteiger partial charge is 0.380 e. The lowest BCUT2D eigenvalue weighted by atomic mass is 9.97. The molecule has 5 fully saturated rings. The number of nitrogens with zero attached hydrogens (tertiary/aromatic N) is 10. The van der Waals surface area contributed by atoms with Crippen LogP contribution in [0.1, 0.15) is 227 Å². The van der Waals surface area contributed by atoms with Crippen molar-refractivity contribution < 1.29 is 23.7 Å². The Labute approximate surface area is 672 Å². The molecule has 6 rings (SSSR count). The molecule has 1 aromatic rings. The molecule has 0 aromatic heterocycles. The fraction of sp³-hybridized carbons (Fsp3) is 0.933. The number of rotatable bonds is 30. The summed E-state index contributed by atoms with van der Waals surface area (Å²) in [5.74, 6) is 0. The molecule has 0 atom stereocenters. The van der Waals surface area contributed by atoms with E-state index in [1.165, 1.54) is 136 Å². The van der Waals surface area contributed by atoms with E-state index in [0.29, 0.717) is 10.8 Å². The molecule has 0 aliphatic carbocycles. The second-order valence-corrected chi connectivity index (χ2v) is 40.6. The minimum atomic E-state index is -0.0216. The summed E-state index contributed by atoms with van der Waals surface area (Å²) in [5.41, 5.74) is 3.83. The maximum atomic E-state index is 5.80. The van der Waals surface area contributed by atoms with E-state index in [-0.39, 0.29) is 38.9 Å². The van der Waals surface area contributed by atoms with Gasteiger partial charge < -0.3 is 49.9 Å². The summed E-state index contributed by atoms with van der Waals surface area (Å²) in [5, 5.41) is 14.1. The number of ether oxygens (including phenoxy) is 5. The van der Waals surface area contributed by atoms with Crippen molar-refractivity contribution in [2.45, 2.75) is 268 Å². The maximum absolute atomic E-state index is 5.80. The van der Waals surface area contributed by atoms with E-state index in [4.69, 9.17) is 23.7 Å². The molecule has 0 unspecified atom stereocenters. The van der Waals surface area contributed by atoms with Crippen molar-refractivity contribution in [1.82, 2.24) is 64.9 Å². The number of hydrogen-bond donors (Lipinski definition) is 4. The first kappa shape index (κ1) is 106. The molecule has 644 valence electrons. The van der Waals surface area contributed by atoms with E-state index in [2.05, 4.69) is 309 Å². The smallest absolute Gasteiger partial charge is 0.0600 e. The fourth-order valence-corrected chi connectivity index (χ4v) is 12.1. The first-order valence-corrected chi connectivity index (χ1v) is 43.2. The molecule has 0 radical (unpaired) electrons. The predicted octanol–water partition coefficient (Wildman–Crippen LogP) is 13.7. The number of anilines is 1. The van der Waals surface area contributed by atoms with Crippen molar-refractivity contribution in [1.29, 1.82) is 0 Å². The lowest BCUT2D eigenvalue weighted by Gasteiger charge is -2.36. The molecule has 0 bridgehead atoms. The monoisotopic (exact) mass is 1530 g/mol. The van der Waals surface area contributed by atoms with Crippen LogP contribution in [0.4, 0.5) is 5.69 Å². The Morgan fingerprint density at radius 2 is 0.602 bits per heavy atom. The summed E-state index contributed by atoms with van der Waals surface area (Å²) >= 11 is 0. The van der Waals surface area contributed by atoms with Crippen LogP contribution in [0.25, 0.3) is 0 Å². The Morgan fingerprint density at radius 1 is 0.333 bits per heavy atom. The zero-order valence-electron chi connectivity index (χ0n) is 78.2. The van der Waals surface area contributed by atoms with Gasteiger partial charge in [0, 0.05) is 239 Å². The average molecular weight is 1530 g/mol. The minimum Gasteiger partial charge on any atom is -0.380 e. The zero-order chi connectivity index (χ0) is 82.5. The number of piperazine rings is 5. The van der Waals surface area contributed by atoms with E-state index in [1.54, 1.807) is 0 Å². The third kappa shape index (κ3) is 67.6. The predicted molar refractivity (Wildman–Crippen MR) is 472 cm³/mol. The lowest BCUT2D eigenvalue weighted by molar-refractivity contribution is -0.0194. The Balaban J connectivity index is 0.00000128. The Hall–Kier alpha value is -1.70. The second kappa shape index (κ2) is 55.0. The third-order valence-electron chi connectivity index (χ3n) is 18.5. The van der Waals surface area contributed by atoms with E-state index >= 15 is 0 Å². The molecule has 1 aromatic carbocycles. The summed E-state index contributed by atoms with van der Waals surface area (Å²) in [6.07, 6.45) is 0. The zero-order valence-corrected chi connectivity index (χ0v) is 78.2. The van der Waals surface area contributed by atoms with Crippen LogP contribution in [0.15, 0.2) is 24.3 Å². The average Bonchev–Trinajstić information content (AvgIpc) is 0.940. The van der Waals surface area contributed by atoms with Crippen molar-refractivity contribution >= 4 is 5.69 Å². The van der Waals surface area contributed by atoms with E-state index in [1.807, 2.05) is 13.8 Å². The van der Waals surface area contributed by atoms with Crippen LogP contribution >= 0.6 is 0 Å². The van der Waals surface area contributed by atoms with Crippen molar-refractivity contribution in [3.05, 3.63) is 29.8 Å². The van der Waals surface area contributed by atoms with Gasteiger partial charge in [-0.1, -0.05) is 101 Å². The molecule has 0 amide bonds. The van der Waals surface area contributed by atoms with Crippen LogP contribution in [0.5, 0.6) is 0 Å². The van der Waals surface area contributed by atoms with Gasteiger partial charge in [-0.15, -0.1) is 0 Å². The van der Waals surface area contributed by atoms with Crippen LogP contribution < -0.4 is 21.3 Å². The van der Waals surface area contributed by atoms with Crippen molar-refractivity contribution in [3.63, 3.8) is 0 Å². The van der Waals surface area contributed by atoms with Crippen LogP contribution in [0.2, 0.25) is 0 Å². The lowest BCUT2D eigenvalue weighted by Crippen LogP contribution is -2.50. The Morgan fingerprint density at radius 3 is 0.843 bits per heavy atom. The molecule has 4 N–H and O–H groups in total. The number of aryl methyl sites for hydroxylation is 1. The highest BCUT2D eigenvalue weighted by Crippen LogP contribution is 2.18. The molecule has 0 saturated carbocycles. The third-order valence-corrected chi connectivity index (χ3v) is 18.5. The second-order valence-electron chi connectivity index (χ2n) is 40.6. The highest BCUT2D eigenvalue weighted by atomic mass is 16.5. The van der Waals surface area contributed by atoms with Crippen LogP contribution in [0, 0.1) is 23.2 Å². The van der Waals surface area contributed by atoms with Gasteiger partial charge in [-0.05, 0) is 180 Å². The number of likely N-dealkylation sites (N-methyl/N-ethyl adjacent to an activating group) is 1. The van der Waals surface area contributed by atoms with Crippen molar-refractivity contribution in [2.24, 2.45) is 16.2 Å². The Kier molecular flexibility index (Phi) is 54.1. The number of hydrogen-bond acceptors (Lipinski definition) is 19. The number of benzene rings is 1. The summed E-state index contributed by atoms with van der Waals surface area (Å²) in [6.45, 7) is 116. The molecule has 19 nitrogen and oxygen atoms in total. The van der Waals surface area contributed by atoms with Crippen LogP contribution in [-0.4, -0.2) is 351 Å². The molecule has 108 heavy (non-hydrogen) atoms. The standard InChI is InChI=1S/2C17H37N3O.C17H36N2O2.C16H35N3O.C11H17N.C9H20N2.C2H6/c2*1-16(2,3)15-18-7-8-19-9-11-20(12-10-19)13-14-21-17(4,5)6;1-16(2,3)15-20-13-11-18-7-9-19(10-8-18)12-14-21-17(4,5)6;1-15(2,3)17-7-8-18-9-11-19(12-10-18)13-14-20-16(4,5)6;1-9-5-7-10(8-6-9)12-11(2,3)4;1-4-10-5-7-11(8-6-10)9(2)3;1-2/h2*18H,7-15H2,1-6H3;7-15H2,1-6H3;17H,7-14H2,1-6H3;5-8,12H,1-4H3;9H,4-8H2,1-3H3;1-2H3. The van der Waals surface area contributed by atoms with E-state index < -0.39 is 0 Å². The maximum Gasteiger partial charge on any atom is 0.0600 e. The normalized spacial score (nSPS) is 18.4. The first-order chi connectivity index (χ1) is 49.8. The molecular formula is C89H188N14O5. The number of nitrogens with one attached hydrogen (secondary N) is 4. The molecule has 5 saturated heterocycles. The van der Waals surface area contributed by atoms with Gasteiger partial charge >= 0.3 is 0 Å². The first-order valence-electron chi connectivity index (χ1n) is 43.2. The van der Waals surface area contributed by atoms with Crippen molar-refractivity contribution in [3.8, 4) is 0 Å². The van der Waals surface area contributed by atoms with Crippen molar-refractivity contribution in [2.75, 3.05) is 267 Å². The molecule has 5 aliphatic rings. The molecule has 19 heteroatoms. The summed E-state index contributed by atoms with van der Waals surface area (Å²) < 4.78 is 29.0. The quantitative estimate of drug-likeness (QED) is 0.0545. The SMILES string of the molecule is CC.CC(C)(C)CNCCN1CCN(CCOC(C)(C)C)CC1.CC(C)(C)CNCCN1CCN(CCOC(C)(C)C)CC1.CC(C)(C)COCCN1CCN(CCOC(C)(C)C)CC1.CC(C)(C)NCCN1CCN(CCOC(C)(C)C)CC1.CCN1CCN(C(C)C)CC1.Cc1ccc(NC(C)(C)C)cc1. The Bertz CT molecular complexity index is 2070. The summed E-state index contributed by atoms with van der Waals surface area (Å²) in [6, 6.07) is 9.19. The molecule has 5 heterocycles. The van der Waals surface area contributed by atoms with Gasteiger partial charge in [-0.2, -0.15) is 0 Å². The van der Waals surface area contributed by atoms with Gasteiger partial charge in [0.05, 0.1) is 62.0 Å². The van der Waals surface area contributed by atoms with E-state index in [0.717, 1.165) is 144 Å². The minimum absolute atomic E-state index is 0.0133.